The molecule has 0 saturated heterocycles. The number of nitrogens with zero attached hydrogens (tertiary/aromatic N) is 1. The monoisotopic (exact) mass is 529 g/mol. The Morgan fingerprint density at radius 2 is 1.90 bits per heavy atom. The first-order valence-electron chi connectivity index (χ1n) is 9.85. The Bertz CT molecular complexity index is 858. The van der Waals surface area contributed by atoms with Gasteiger partial charge in [-0.3, -0.25) is 4.99 Å². The topological polar surface area (TPSA) is 75.1 Å². The Kier molecular flexibility index (Phi) is 9.48. The molecule has 30 heavy (non-hydrogen) atoms. The van der Waals surface area contributed by atoms with E-state index in [-0.39, 0.29) is 35.8 Å². The first kappa shape index (κ1) is 24.0. The van der Waals surface area contributed by atoms with Crippen molar-refractivity contribution >= 4 is 29.9 Å². The van der Waals surface area contributed by atoms with E-state index in [0.717, 1.165) is 29.9 Å². The summed E-state index contributed by atoms with van der Waals surface area (Å²) in [5.74, 6) is 1.07. The highest BCUT2D eigenvalue weighted by molar-refractivity contribution is 14.0. The van der Waals surface area contributed by atoms with E-state index in [9.17, 15) is 9.50 Å². The van der Waals surface area contributed by atoms with Gasteiger partial charge in [0.05, 0.1) is 13.2 Å². The molecule has 164 valence electrons. The van der Waals surface area contributed by atoms with Crippen molar-refractivity contribution < 1.29 is 19.0 Å². The number of halogens is 2. The van der Waals surface area contributed by atoms with E-state index in [0.29, 0.717) is 24.6 Å². The predicted molar refractivity (Wildman–Crippen MR) is 126 cm³/mol. The van der Waals surface area contributed by atoms with Gasteiger partial charge in [-0.2, -0.15) is 0 Å². The number of ether oxygens (including phenoxy) is 2. The quantitative estimate of drug-likeness (QED) is 0.283. The first-order valence-corrected chi connectivity index (χ1v) is 9.85. The molecular formula is C22H29FIN3O3. The number of aromatic hydroxyl groups is 1. The van der Waals surface area contributed by atoms with Crippen molar-refractivity contribution in [2.24, 2.45) is 4.99 Å². The SMILES string of the molecule is CN=C(NCc1ccc(O)c(F)c1)NCc1cccc(OC)c1OC1CCCC1.I. The summed E-state index contributed by atoms with van der Waals surface area (Å²) in [5.41, 5.74) is 1.68. The van der Waals surface area contributed by atoms with Crippen LogP contribution in [0.1, 0.15) is 36.8 Å². The van der Waals surface area contributed by atoms with Crippen molar-refractivity contribution in [2.75, 3.05) is 14.2 Å². The Hall–Kier alpha value is -2.23. The number of rotatable bonds is 7. The summed E-state index contributed by atoms with van der Waals surface area (Å²) >= 11 is 0. The van der Waals surface area contributed by atoms with Crippen LogP contribution in [0.25, 0.3) is 0 Å². The molecule has 0 bridgehead atoms. The Labute approximate surface area is 193 Å². The minimum absolute atomic E-state index is 0. The van der Waals surface area contributed by atoms with Crippen molar-refractivity contribution in [3.8, 4) is 17.2 Å². The fourth-order valence-corrected chi connectivity index (χ4v) is 3.41. The van der Waals surface area contributed by atoms with Crippen LogP contribution in [0.5, 0.6) is 17.2 Å². The molecule has 0 spiro atoms. The lowest BCUT2D eigenvalue weighted by atomic mass is 10.1. The summed E-state index contributed by atoms with van der Waals surface area (Å²) < 4.78 is 25.2. The van der Waals surface area contributed by atoms with Crippen LogP contribution < -0.4 is 20.1 Å². The molecule has 0 unspecified atom stereocenters. The Morgan fingerprint density at radius 3 is 2.57 bits per heavy atom. The van der Waals surface area contributed by atoms with Gasteiger partial charge in [-0.1, -0.05) is 18.2 Å². The molecule has 8 heteroatoms. The lowest BCUT2D eigenvalue weighted by Crippen LogP contribution is -2.36. The summed E-state index contributed by atoms with van der Waals surface area (Å²) in [5, 5.41) is 15.7. The molecule has 2 aromatic carbocycles. The van der Waals surface area contributed by atoms with Gasteiger partial charge in [0.2, 0.25) is 0 Å². The van der Waals surface area contributed by atoms with Crippen LogP contribution in [0, 0.1) is 5.82 Å². The van der Waals surface area contributed by atoms with Gasteiger partial charge in [0.15, 0.2) is 29.0 Å². The van der Waals surface area contributed by atoms with E-state index in [4.69, 9.17) is 9.47 Å². The minimum atomic E-state index is -0.641. The second kappa shape index (κ2) is 11.8. The van der Waals surface area contributed by atoms with Crippen molar-refractivity contribution in [3.05, 3.63) is 53.3 Å². The molecule has 1 aliphatic rings. The lowest BCUT2D eigenvalue weighted by Gasteiger charge is -2.20. The average Bonchev–Trinajstić information content (AvgIpc) is 3.24. The molecule has 3 rings (SSSR count). The molecule has 3 N–H and O–H groups in total. The zero-order valence-corrected chi connectivity index (χ0v) is 19.6. The molecule has 0 atom stereocenters. The van der Waals surface area contributed by atoms with Crippen LogP contribution in [-0.2, 0) is 13.1 Å². The molecule has 0 aliphatic heterocycles. The number of para-hydroxylation sites is 1. The van der Waals surface area contributed by atoms with Gasteiger partial charge in [0, 0.05) is 25.7 Å². The maximum absolute atomic E-state index is 13.5. The van der Waals surface area contributed by atoms with E-state index < -0.39 is 5.82 Å². The standard InChI is InChI=1S/C22H28FN3O3.HI/c1-24-22(25-13-15-10-11-19(27)18(23)12-15)26-14-16-6-5-9-20(28-2)21(16)29-17-7-3-4-8-17;/h5-6,9-12,17,27H,3-4,7-8,13-14H2,1-2H3,(H2,24,25,26);1H. The van der Waals surface area contributed by atoms with Crippen LogP contribution in [0.4, 0.5) is 4.39 Å². The lowest BCUT2D eigenvalue weighted by molar-refractivity contribution is 0.198. The molecule has 6 nitrogen and oxygen atoms in total. The summed E-state index contributed by atoms with van der Waals surface area (Å²) in [6.07, 6.45) is 4.75. The van der Waals surface area contributed by atoms with Gasteiger partial charge < -0.3 is 25.2 Å². The van der Waals surface area contributed by atoms with E-state index >= 15 is 0 Å². The minimum Gasteiger partial charge on any atom is -0.505 e. The fourth-order valence-electron chi connectivity index (χ4n) is 3.41. The molecule has 0 aromatic heterocycles. The molecule has 1 aliphatic carbocycles. The molecule has 1 saturated carbocycles. The zero-order valence-electron chi connectivity index (χ0n) is 17.3. The summed E-state index contributed by atoms with van der Waals surface area (Å²) in [7, 11) is 3.32. The third kappa shape index (κ3) is 6.38. The average molecular weight is 529 g/mol. The third-order valence-electron chi connectivity index (χ3n) is 5.01. The second-order valence-electron chi connectivity index (χ2n) is 7.04. The maximum Gasteiger partial charge on any atom is 0.191 e. The number of hydrogen-bond acceptors (Lipinski definition) is 4. The molecular weight excluding hydrogens is 500 g/mol. The zero-order chi connectivity index (χ0) is 20.6. The number of phenols is 1. The molecule has 0 heterocycles. The maximum atomic E-state index is 13.5. The molecule has 1 fully saturated rings. The van der Waals surface area contributed by atoms with E-state index in [1.165, 1.54) is 25.0 Å². The van der Waals surface area contributed by atoms with E-state index in [2.05, 4.69) is 15.6 Å². The number of hydrogen-bond donors (Lipinski definition) is 3. The third-order valence-corrected chi connectivity index (χ3v) is 5.01. The summed E-state index contributed by atoms with van der Waals surface area (Å²) in [4.78, 5) is 4.21. The Morgan fingerprint density at radius 1 is 1.17 bits per heavy atom. The first-order chi connectivity index (χ1) is 14.1. The highest BCUT2D eigenvalue weighted by atomic mass is 127. The van der Waals surface area contributed by atoms with Crippen LogP contribution in [0.2, 0.25) is 0 Å². The highest BCUT2D eigenvalue weighted by Gasteiger charge is 2.20. The normalized spacial score (nSPS) is 14.2. The number of phenolic OH excluding ortho intramolecular Hbond substituents is 1. The van der Waals surface area contributed by atoms with Crippen LogP contribution >= 0.6 is 24.0 Å². The number of aliphatic imine (C=N–C) groups is 1. The number of nitrogens with one attached hydrogen (secondary N) is 2. The molecule has 0 amide bonds. The van der Waals surface area contributed by atoms with Crippen LogP contribution in [0.15, 0.2) is 41.4 Å². The van der Waals surface area contributed by atoms with Crippen LogP contribution in [0.3, 0.4) is 0 Å². The molecule has 2 aromatic rings. The van der Waals surface area contributed by atoms with Crippen LogP contribution in [-0.4, -0.2) is 31.3 Å². The Balaban J connectivity index is 0.00000320. The van der Waals surface area contributed by atoms with Crippen molar-refractivity contribution in [1.29, 1.82) is 0 Å². The van der Waals surface area contributed by atoms with E-state index in [1.807, 2.05) is 18.2 Å². The fraction of sp³-hybridized carbons (Fsp3) is 0.409. The van der Waals surface area contributed by atoms with Gasteiger partial charge in [-0.15, -0.1) is 24.0 Å². The molecule has 0 radical (unpaired) electrons. The second-order valence-corrected chi connectivity index (χ2v) is 7.04. The van der Waals surface area contributed by atoms with Crippen molar-refractivity contribution in [1.82, 2.24) is 10.6 Å². The highest BCUT2D eigenvalue weighted by Crippen LogP contribution is 2.34. The van der Waals surface area contributed by atoms with Crippen molar-refractivity contribution in [2.45, 2.75) is 44.9 Å². The number of benzene rings is 2. The van der Waals surface area contributed by atoms with Gasteiger partial charge in [0.25, 0.3) is 0 Å². The number of methoxy groups -OCH3 is 1. The smallest absolute Gasteiger partial charge is 0.191 e. The summed E-state index contributed by atoms with van der Waals surface area (Å²) in [6, 6.07) is 10.1. The van der Waals surface area contributed by atoms with Gasteiger partial charge >= 0.3 is 0 Å². The predicted octanol–water partition coefficient (Wildman–Crippen LogP) is 4.34. The largest absolute Gasteiger partial charge is 0.505 e. The van der Waals surface area contributed by atoms with Gasteiger partial charge in [0.1, 0.15) is 0 Å². The van der Waals surface area contributed by atoms with E-state index in [1.54, 1.807) is 20.2 Å². The number of guanidine groups is 1. The van der Waals surface area contributed by atoms with Gasteiger partial charge in [-0.25, -0.2) is 4.39 Å². The van der Waals surface area contributed by atoms with Crippen molar-refractivity contribution in [3.63, 3.8) is 0 Å². The van der Waals surface area contributed by atoms with Gasteiger partial charge in [-0.05, 0) is 49.4 Å². The summed E-state index contributed by atoms with van der Waals surface area (Å²) in [6.45, 7) is 0.878.